The minimum absolute atomic E-state index is 0.185. The van der Waals surface area contributed by atoms with Crippen LogP contribution in [0.1, 0.15) is 32.6 Å². The number of esters is 1. The highest BCUT2D eigenvalue weighted by molar-refractivity contribution is 5.80. The van der Waals surface area contributed by atoms with Gasteiger partial charge in [0, 0.05) is 13.1 Å². The Morgan fingerprint density at radius 3 is 2.63 bits per heavy atom. The second kappa shape index (κ2) is 5.80. The van der Waals surface area contributed by atoms with Gasteiger partial charge in [0.15, 0.2) is 0 Å². The lowest BCUT2D eigenvalue weighted by Gasteiger charge is -2.33. The summed E-state index contributed by atoms with van der Waals surface area (Å²) in [6.07, 6.45) is 5.70. The van der Waals surface area contributed by atoms with Crippen LogP contribution in [0.3, 0.4) is 0 Å². The van der Waals surface area contributed by atoms with E-state index in [4.69, 9.17) is 4.74 Å². The van der Waals surface area contributed by atoms with Gasteiger partial charge in [-0.05, 0) is 58.0 Å². The summed E-state index contributed by atoms with van der Waals surface area (Å²) in [5.74, 6) is 2.57. The smallest absolute Gasteiger partial charge is 0.327 e. The van der Waals surface area contributed by atoms with Crippen LogP contribution >= 0.6 is 0 Å². The quantitative estimate of drug-likeness (QED) is 0.741. The normalized spacial score (nSPS) is 32.6. The Bertz CT molecular complexity index is 334. The molecule has 4 unspecified atom stereocenters. The van der Waals surface area contributed by atoms with E-state index in [-0.39, 0.29) is 5.97 Å². The van der Waals surface area contributed by atoms with Crippen LogP contribution in [-0.2, 0) is 9.53 Å². The summed E-state index contributed by atoms with van der Waals surface area (Å²) in [6.45, 7) is 3.72. The van der Waals surface area contributed by atoms with Crippen LogP contribution < -0.4 is 5.32 Å². The molecular weight excluding hydrogens is 240 g/mol. The Hall–Kier alpha value is -0.610. The third-order valence-corrected chi connectivity index (χ3v) is 5.20. The van der Waals surface area contributed by atoms with E-state index in [1.807, 2.05) is 14.0 Å². The zero-order valence-electron chi connectivity index (χ0n) is 12.7. The molecule has 0 aromatic heterocycles. The minimum Gasteiger partial charge on any atom is -0.468 e. The van der Waals surface area contributed by atoms with Crippen LogP contribution in [0, 0.1) is 17.8 Å². The van der Waals surface area contributed by atoms with Gasteiger partial charge >= 0.3 is 5.97 Å². The van der Waals surface area contributed by atoms with Gasteiger partial charge in [0.25, 0.3) is 0 Å². The Morgan fingerprint density at radius 1 is 1.42 bits per heavy atom. The predicted molar refractivity (Wildman–Crippen MR) is 75.9 cm³/mol. The molecule has 0 saturated heterocycles. The molecule has 0 spiro atoms. The lowest BCUT2D eigenvalue weighted by Crippen LogP contribution is -2.56. The summed E-state index contributed by atoms with van der Waals surface area (Å²) in [5.41, 5.74) is -0.610. The van der Waals surface area contributed by atoms with Gasteiger partial charge in [0.2, 0.25) is 0 Å². The molecule has 0 aliphatic heterocycles. The van der Waals surface area contributed by atoms with E-state index < -0.39 is 5.54 Å². The van der Waals surface area contributed by atoms with Crippen molar-refractivity contribution in [1.82, 2.24) is 10.2 Å². The van der Waals surface area contributed by atoms with Crippen LogP contribution in [0.15, 0.2) is 0 Å². The maximum atomic E-state index is 11.9. The number of nitrogens with zero attached hydrogens (tertiary/aromatic N) is 1. The monoisotopic (exact) mass is 268 g/mol. The molecule has 19 heavy (non-hydrogen) atoms. The van der Waals surface area contributed by atoms with E-state index in [0.29, 0.717) is 6.54 Å². The first-order valence-electron chi connectivity index (χ1n) is 7.44. The molecule has 0 aromatic carbocycles. The first kappa shape index (κ1) is 14.8. The van der Waals surface area contributed by atoms with Gasteiger partial charge in [-0.15, -0.1) is 0 Å². The number of rotatable bonds is 6. The topological polar surface area (TPSA) is 41.6 Å². The fourth-order valence-corrected chi connectivity index (χ4v) is 4.08. The number of methoxy groups -OCH3 is 1. The molecule has 0 aromatic rings. The second-order valence-corrected chi connectivity index (χ2v) is 6.71. The van der Waals surface area contributed by atoms with Gasteiger partial charge in [-0.2, -0.15) is 0 Å². The van der Waals surface area contributed by atoms with Gasteiger partial charge in [-0.1, -0.05) is 6.42 Å². The SMILES string of the molecule is CNC(C)(CN(C)CC1CC2CCC1C2)C(=O)OC. The van der Waals surface area contributed by atoms with E-state index >= 15 is 0 Å². The van der Waals surface area contributed by atoms with Crippen molar-refractivity contribution in [3.8, 4) is 0 Å². The molecule has 0 amide bonds. The minimum atomic E-state index is -0.610. The van der Waals surface area contributed by atoms with Crippen molar-refractivity contribution in [2.24, 2.45) is 17.8 Å². The van der Waals surface area contributed by atoms with Gasteiger partial charge in [-0.25, -0.2) is 0 Å². The number of carbonyl (C=O) groups is 1. The van der Waals surface area contributed by atoms with E-state index in [1.54, 1.807) is 0 Å². The lowest BCUT2D eigenvalue weighted by molar-refractivity contribution is -0.148. The summed E-state index contributed by atoms with van der Waals surface area (Å²) < 4.78 is 4.90. The third-order valence-electron chi connectivity index (χ3n) is 5.20. The molecule has 2 fully saturated rings. The number of carbonyl (C=O) groups excluding carboxylic acids is 1. The highest BCUT2D eigenvalue weighted by Gasteiger charge is 2.41. The summed E-state index contributed by atoms with van der Waals surface area (Å²) in [5, 5.41) is 3.10. The van der Waals surface area contributed by atoms with Crippen LogP contribution in [0.25, 0.3) is 0 Å². The number of fused-ring (bicyclic) bond motifs is 2. The average Bonchev–Trinajstić information content (AvgIpc) is 2.99. The van der Waals surface area contributed by atoms with Crippen LogP contribution in [-0.4, -0.2) is 50.7 Å². The van der Waals surface area contributed by atoms with Crippen LogP contribution in [0.2, 0.25) is 0 Å². The van der Waals surface area contributed by atoms with Gasteiger partial charge in [-0.3, -0.25) is 4.79 Å². The van der Waals surface area contributed by atoms with Crippen LogP contribution in [0.5, 0.6) is 0 Å². The molecule has 4 heteroatoms. The number of hydrogen-bond donors (Lipinski definition) is 1. The summed E-state index contributed by atoms with van der Waals surface area (Å²) in [4.78, 5) is 14.1. The maximum Gasteiger partial charge on any atom is 0.327 e. The Morgan fingerprint density at radius 2 is 2.16 bits per heavy atom. The van der Waals surface area contributed by atoms with Crippen molar-refractivity contribution >= 4 is 5.97 Å². The molecule has 4 nitrogen and oxygen atoms in total. The molecule has 2 rings (SSSR count). The number of hydrogen-bond acceptors (Lipinski definition) is 4. The first-order chi connectivity index (χ1) is 8.98. The molecule has 0 radical (unpaired) electrons. The van der Waals surface area contributed by atoms with E-state index in [1.165, 1.54) is 32.8 Å². The summed E-state index contributed by atoms with van der Waals surface area (Å²) in [6, 6.07) is 0. The second-order valence-electron chi connectivity index (χ2n) is 6.71. The van der Waals surface area contributed by atoms with E-state index in [2.05, 4.69) is 17.3 Å². The highest BCUT2D eigenvalue weighted by Crippen LogP contribution is 2.48. The van der Waals surface area contributed by atoms with Crippen molar-refractivity contribution in [3.63, 3.8) is 0 Å². The lowest BCUT2D eigenvalue weighted by atomic mass is 9.88. The summed E-state index contributed by atoms with van der Waals surface area (Å²) in [7, 11) is 5.39. The molecule has 110 valence electrons. The average molecular weight is 268 g/mol. The van der Waals surface area contributed by atoms with Crippen molar-refractivity contribution in [2.45, 2.75) is 38.1 Å². The summed E-state index contributed by atoms with van der Waals surface area (Å²) >= 11 is 0. The Kier molecular flexibility index (Phi) is 4.51. The standard InChI is InChI=1S/C15H28N2O2/c1-15(16-2,14(18)19-4)10-17(3)9-13-8-11-5-6-12(13)7-11/h11-13,16H,5-10H2,1-4H3. The third kappa shape index (κ3) is 3.11. The molecule has 2 bridgehead atoms. The molecule has 4 atom stereocenters. The zero-order chi connectivity index (χ0) is 14.0. The Labute approximate surface area is 116 Å². The number of nitrogens with one attached hydrogen (secondary N) is 1. The number of likely N-dealkylation sites (N-methyl/N-ethyl adjacent to an activating group) is 2. The number of ether oxygens (including phenoxy) is 1. The molecular formula is C15H28N2O2. The fraction of sp³-hybridized carbons (Fsp3) is 0.933. The Balaban J connectivity index is 1.86. The molecule has 2 aliphatic rings. The van der Waals surface area contributed by atoms with Gasteiger partial charge < -0.3 is 15.0 Å². The fourth-order valence-electron chi connectivity index (χ4n) is 4.08. The largest absolute Gasteiger partial charge is 0.468 e. The predicted octanol–water partition coefficient (Wildman–Crippen LogP) is 1.51. The van der Waals surface area contributed by atoms with E-state index in [0.717, 1.165) is 24.3 Å². The molecule has 1 N–H and O–H groups in total. The van der Waals surface area contributed by atoms with Gasteiger partial charge in [0.05, 0.1) is 7.11 Å². The van der Waals surface area contributed by atoms with Crippen LogP contribution in [0.4, 0.5) is 0 Å². The zero-order valence-corrected chi connectivity index (χ0v) is 12.7. The van der Waals surface area contributed by atoms with Crippen molar-refractivity contribution < 1.29 is 9.53 Å². The first-order valence-corrected chi connectivity index (χ1v) is 7.44. The molecule has 2 saturated carbocycles. The molecule has 0 heterocycles. The molecule has 2 aliphatic carbocycles. The van der Waals surface area contributed by atoms with Crippen molar-refractivity contribution in [3.05, 3.63) is 0 Å². The van der Waals surface area contributed by atoms with Crippen molar-refractivity contribution in [2.75, 3.05) is 34.3 Å². The maximum absolute atomic E-state index is 11.9. The van der Waals surface area contributed by atoms with Gasteiger partial charge in [0.1, 0.15) is 5.54 Å². The highest BCUT2D eigenvalue weighted by atomic mass is 16.5. The van der Waals surface area contributed by atoms with E-state index in [9.17, 15) is 4.79 Å². The van der Waals surface area contributed by atoms with Crippen molar-refractivity contribution in [1.29, 1.82) is 0 Å².